The summed E-state index contributed by atoms with van der Waals surface area (Å²) < 4.78 is 22.7. The Morgan fingerprint density at radius 2 is 2.28 bits per heavy atom. The highest BCUT2D eigenvalue weighted by Crippen LogP contribution is 2.23. The number of nitrogens with zero attached hydrogens (tertiary/aromatic N) is 2. The Morgan fingerprint density at radius 3 is 2.89 bits per heavy atom. The van der Waals surface area contributed by atoms with Gasteiger partial charge in [-0.05, 0) is 12.3 Å². The van der Waals surface area contributed by atoms with Crippen LogP contribution in [0.2, 0.25) is 0 Å². The highest BCUT2D eigenvalue weighted by Gasteiger charge is 2.33. The van der Waals surface area contributed by atoms with Crippen molar-refractivity contribution in [1.82, 2.24) is 10.2 Å². The van der Waals surface area contributed by atoms with Crippen molar-refractivity contribution >= 4 is 15.7 Å². The molecule has 2 aliphatic rings. The summed E-state index contributed by atoms with van der Waals surface area (Å²) in [4.78, 5) is 13.7. The number of piperazine rings is 1. The van der Waals surface area contributed by atoms with Gasteiger partial charge in [0.25, 0.3) is 0 Å². The fourth-order valence-corrected chi connectivity index (χ4v) is 4.38. The van der Waals surface area contributed by atoms with Gasteiger partial charge in [-0.3, -0.25) is 4.79 Å². The van der Waals surface area contributed by atoms with Gasteiger partial charge in [0.15, 0.2) is 9.84 Å². The van der Waals surface area contributed by atoms with Crippen LogP contribution in [0, 0.1) is 17.2 Å². The zero-order valence-electron chi connectivity index (χ0n) is 10.1. The molecule has 0 aliphatic carbocycles. The Balaban J connectivity index is 1.93. The van der Waals surface area contributed by atoms with Gasteiger partial charge in [-0.2, -0.15) is 5.26 Å². The molecule has 0 saturated carbocycles. The van der Waals surface area contributed by atoms with Crippen molar-refractivity contribution in [2.45, 2.75) is 18.9 Å². The van der Waals surface area contributed by atoms with Gasteiger partial charge in [-0.25, -0.2) is 8.42 Å². The predicted molar refractivity (Wildman–Crippen MR) is 65.4 cm³/mol. The lowest BCUT2D eigenvalue weighted by Crippen LogP contribution is -2.53. The third kappa shape index (κ3) is 3.00. The molecule has 18 heavy (non-hydrogen) atoms. The predicted octanol–water partition coefficient (Wildman–Crippen LogP) is -0.865. The van der Waals surface area contributed by atoms with Crippen LogP contribution in [-0.4, -0.2) is 56.4 Å². The minimum Gasteiger partial charge on any atom is -0.324 e. The molecule has 2 aliphatic heterocycles. The molecule has 0 bridgehead atoms. The fraction of sp³-hybridized carbons (Fsp3) is 0.818. The quantitative estimate of drug-likeness (QED) is 0.705. The maximum atomic E-state index is 12.1. The van der Waals surface area contributed by atoms with E-state index in [-0.39, 0.29) is 29.8 Å². The molecule has 7 heteroatoms. The fourth-order valence-electron chi connectivity index (χ4n) is 2.52. The molecule has 1 amide bonds. The van der Waals surface area contributed by atoms with Gasteiger partial charge in [-0.1, -0.05) is 0 Å². The van der Waals surface area contributed by atoms with Gasteiger partial charge in [0.05, 0.1) is 17.6 Å². The molecule has 2 heterocycles. The van der Waals surface area contributed by atoms with E-state index in [9.17, 15) is 13.2 Å². The Labute approximate surface area is 107 Å². The highest BCUT2D eigenvalue weighted by molar-refractivity contribution is 7.91. The summed E-state index contributed by atoms with van der Waals surface area (Å²) in [5.74, 6) is 0.137. The lowest BCUT2D eigenvalue weighted by molar-refractivity contribution is -0.134. The van der Waals surface area contributed by atoms with E-state index in [0.29, 0.717) is 26.1 Å². The van der Waals surface area contributed by atoms with Crippen LogP contribution in [0.1, 0.15) is 12.8 Å². The van der Waals surface area contributed by atoms with E-state index in [2.05, 4.69) is 11.4 Å². The molecule has 0 radical (unpaired) electrons. The SMILES string of the molecule is N#CC1CNCCN1C(=O)CC1CCS(=O)(=O)C1. The first-order valence-electron chi connectivity index (χ1n) is 6.12. The summed E-state index contributed by atoms with van der Waals surface area (Å²) >= 11 is 0. The van der Waals surface area contributed by atoms with Gasteiger partial charge < -0.3 is 10.2 Å². The standard InChI is InChI=1S/C11H17N3O3S/c12-6-10-7-13-2-3-14(10)11(15)5-9-1-4-18(16,17)8-9/h9-10,13H,1-5,7-8H2. The molecule has 2 fully saturated rings. The summed E-state index contributed by atoms with van der Waals surface area (Å²) in [5, 5.41) is 12.0. The van der Waals surface area contributed by atoms with Crippen molar-refractivity contribution in [3.63, 3.8) is 0 Å². The molecule has 2 atom stereocenters. The molecule has 1 N–H and O–H groups in total. The Kier molecular flexibility index (Phi) is 3.88. The molecule has 0 aromatic rings. The number of carbonyl (C=O) groups excluding carboxylic acids is 1. The zero-order chi connectivity index (χ0) is 13.2. The largest absolute Gasteiger partial charge is 0.324 e. The Morgan fingerprint density at radius 1 is 1.50 bits per heavy atom. The van der Waals surface area contributed by atoms with Crippen LogP contribution in [-0.2, 0) is 14.6 Å². The van der Waals surface area contributed by atoms with Crippen LogP contribution in [0.4, 0.5) is 0 Å². The molecule has 100 valence electrons. The number of sulfone groups is 1. The van der Waals surface area contributed by atoms with Crippen molar-refractivity contribution in [2.75, 3.05) is 31.1 Å². The maximum Gasteiger partial charge on any atom is 0.224 e. The second kappa shape index (κ2) is 5.24. The summed E-state index contributed by atoms with van der Waals surface area (Å²) in [6, 6.07) is 1.67. The average molecular weight is 271 g/mol. The van der Waals surface area contributed by atoms with Crippen LogP contribution in [0.5, 0.6) is 0 Å². The van der Waals surface area contributed by atoms with E-state index in [1.165, 1.54) is 0 Å². The minimum atomic E-state index is -2.94. The first-order chi connectivity index (χ1) is 8.52. The molecule has 0 spiro atoms. The smallest absolute Gasteiger partial charge is 0.224 e. The van der Waals surface area contributed by atoms with Crippen molar-refractivity contribution in [2.24, 2.45) is 5.92 Å². The first-order valence-corrected chi connectivity index (χ1v) is 7.94. The van der Waals surface area contributed by atoms with Gasteiger partial charge in [-0.15, -0.1) is 0 Å². The van der Waals surface area contributed by atoms with Crippen LogP contribution in [0.3, 0.4) is 0 Å². The van der Waals surface area contributed by atoms with E-state index in [1.54, 1.807) is 4.90 Å². The zero-order valence-corrected chi connectivity index (χ0v) is 10.9. The summed E-state index contributed by atoms with van der Waals surface area (Å²) in [7, 11) is -2.94. The van der Waals surface area contributed by atoms with Crippen LogP contribution < -0.4 is 5.32 Å². The monoisotopic (exact) mass is 271 g/mol. The molecule has 2 rings (SSSR count). The van der Waals surface area contributed by atoms with Gasteiger partial charge in [0, 0.05) is 26.1 Å². The number of rotatable bonds is 2. The van der Waals surface area contributed by atoms with E-state index in [1.807, 2.05) is 0 Å². The number of hydrogen-bond donors (Lipinski definition) is 1. The van der Waals surface area contributed by atoms with Gasteiger partial charge in [0.2, 0.25) is 5.91 Å². The van der Waals surface area contributed by atoms with Crippen LogP contribution in [0.15, 0.2) is 0 Å². The van der Waals surface area contributed by atoms with Gasteiger partial charge in [0.1, 0.15) is 6.04 Å². The number of carbonyl (C=O) groups is 1. The number of amides is 1. The normalized spacial score (nSPS) is 30.9. The van der Waals surface area contributed by atoms with E-state index >= 15 is 0 Å². The van der Waals surface area contributed by atoms with Gasteiger partial charge >= 0.3 is 0 Å². The molecule has 0 aromatic carbocycles. The van der Waals surface area contributed by atoms with E-state index < -0.39 is 15.9 Å². The lowest BCUT2D eigenvalue weighted by atomic mass is 10.0. The molecule has 2 unspecified atom stereocenters. The lowest BCUT2D eigenvalue weighted by Gasteiger charge is -2.32. The average Bonchev–Trinajstić information content (AvgIpc) is 2.68. The summed E-state index contributed by atoms with van der Waals surface area (Å²) in [5.41, 5.74) is 0. The van der Waals surface area contributed by atoms with Crippen molar-refractivity contribution < 1.29 is 13.2 Å². The summed E-state index contributed by atoms with van der Waals surface area (Å²) in [6.45, 7) is 1.70. The van der Waals surface area contributed by atoms with E-state index in [4.69, 9.17) is 5.26 Å². The molecule has 0 aromatic heterocycles. The van der Waals surface area contributed by atoms with Crippen LogP contribution >= 0.6 is 0 Å². The van der Waals surface area contributed by atoms with Crippen molar-refractivity contribution in [3.05, 3.63) is 0 Å². The molecular formula is C11H17N3O3S. The van der Waals surface area contributed by atoms with Crippen LogP contribution in [0.25, 0.3) is 0 Å². The Hall–Kier alpha value is -1.13. The second-order valence-electron chi connectivity index (χ2n) is 4.91. The molecule has 2 saturated heterocycles. The number of nitrogens with one attached hydrogen (secondary N) is 1. The Bertz CT molecular complexity index is 468. The maximum absolute atomic E-state index is 12.1. The summed E-state index contributed by atoms with van der Waals surface area (Å²) in [6.07, 6.45) is 0.814. The number of nitriles is 1. The third-order valence-electron chi connectivity index (χ3n) is 3.50. The van der Waals surface area contributed by atoms with E-state index in [0.717, 1.165) is 0 Å². The minimum absolute atomic E-state index is 0.0725. The van der Waals surface area contributed by atoms with Crippen molar-refractivity contribution in [1.29, 1.82) is 5.26 Å². The first kappa shape index (κ1) is 13.3. The molecule has 6 nitrogen and oxygen atoms in total. The van der Waals surface area contributed by atoms with Crippen molar-refractivity contribution in [3.8, 4) is 6.07 Å². The second-order valence-corrected chi connectivity index (χ2v) is 7.14. The third-order valence-corrected chi connectivity index (χ3v) is 5.34. The highest BCUT2D eigenvalue weighted by atomic mass is 32.2. The topological polar surface area (TPSA) is 90.3 Å². The molecular weight excluding hydrogens is 254 g/mol. The number of hydrogen-bond acceptors (Lipinski definition) is 5.